The summed E-state index contributed by atoms with van der Waals surface area (Å²) in [6.45, 7) is 6.97. The molecule has 6 heteroatoms. The molecule has 138 valence electrons. The molecule has 0 amide bonds. The molecule has 25 heavy (non-hydrogen) atoms. The number of benzene rings is 1. The zero-order chi connectivity index (χ0) is 17.5. The average molecular weight is 364 g/mol. The van der Waals surface area contributed by atoms with Gasteiger partial charge in [-0.25, -0.2) is 0 Å². The Morgan fingerprint density at radius 1 is 1.24 bits per heavy atom. The predicted molar refractivity (Wildman–Crippen MR) is 105 cm³/mol. The van der Waals surface area contributed by atoms with Gasteiger partial charge in [-0.15, -0.1) is 0 Å². The Hall–Kier alpha value is -1.40. The summed E-state index contributed by atoms with van der Waals surface area (Å²) < 4.78 is 11.2. The lowest BCUT2D eigenvalue weighted by molar-refractivity contribution is 0.0530. The molecule has 2 heterocycles. The van der Waals surface area contributed by atoms with Crippen molar-refractivity contribution in [3.05, 3.63) is 29.8 Å². The Labute approximate surface area is 155 Å². The lowest BCUT2D eigenvalue weighted by Gasteiger charge is -2.37. The predicted octanol–water partition coefficient (Wildman–Crippen LogP) is 2.50. The van der Waals surface area contributed by atoms with E-state index in [1.807, 2.05) is 18.7 Å². The Morgan fingerprint density at radius 3 is 2.56 bits per heavy atom. The van der Waals surface area contributed by atoms with Gasteiger partial charge in [-0.2, -0.15) is 11.8 Å². The third-order valence-electron chi connectivity index (χ3n) is 5.11. The summed E-state index contributed by atoms with van der Waals surface area (Å²) >= 11 is 1.98. The molecule has 1 aromatic rings. The molecule has 2 N–H and O–H groups in total. The monoisotopic (exact) mass is 363 g/mol. The number of ether oxygens (including phenoxy) is 2. The van der Waals surface area contributed by atoms with Gasteiger partial charge in [-0.05, 0) is 37.5 Å². The van der Waals surface area contributed by atoms with E-state index in [4.69, 9.17) is 20.2 Å². The number of guanidine groups is 1. The fourth-order valence-electron chi connectivity index (χ4n) is 3.50. The minimum absolute atomic E-state index is 0.0121. The zero-order valence-corrected chi connectivity index (χ0v) is 15.9. The number of aliphatic imine (C=N–C) groups is 1. The van der Waals surface area contributed by atoms with Crippen LogP contribution >= 0.6 is 11.8 Å². The lowest BCUT2D eigenvalue weighted by Crippen LogP contribution is -2.44. The minimum Gasteiger partial charge on any atom is -0.494 e. The van der Waals surface area contributed by atoms with E-state index in [1.54, 1.807) is 0 Å². The van der Waals surface area contributed by atoms with Crippen molar-refractivity contribution >= 4 is 17.7 Å². The molecular weight excluding hydrogens is 334 g/mol. The summed E-state index contributed by atoms with van der Waals surface area (Å²) in [7, 11) is 0. The van der Waals surface area contributed by atoms with Gasteiger partial charge in [0.1, 0.15) is 5.75 Å². The van der Waals surface area contributed by atoms with Crippen LogP contribution in [0.5, 0.6) is 5.75 Å². The van der Waals surface area contributed by atoms with Gasteiger partial charge in [0.15, 0.2) is 5.96 Å². The van der Waals surface area contributed by atoms with Crippen molar-refractivity contribution in [2.75, 3.05) is 51.0 Å². The molecule has 0 radical (unpaired) electrons. The van der Waals surface area contributed by atoms with Crippen LogP contribution < -0.4 is 10.5 Å². The topological polar surface area (TPSA) is 60.1 Å². The lowest BCUT2D eigenvalue weighted by atomic mass is 9.74. The van der Waals surface area contributed by atoms with E-state index in [-0.39, 0.29) is 5.41 Å². The quantitative estimate of drug-likeness (QED) is 0.643. The highest BCUT2D eigenvalue weighted by Crippen LogP contribution is 2.36. The molecule has 0 spiro atoms. The molecule has 2 aliphatic rings. The molecule has 0 aliphatic carbocycles. The normalized spacial score (nSPS) is 21.2. The van der Waals surface area contributed by atoms with Crippen molar-refractivity contribution in [1.29, 1.82) is 0 Å². The third kappa shape index (κ3) is 4.61. The van der Waals surface area contributed by atoms with E-state index in [2.05, 4.69) is 29.2 Å². The van der Waals surface area contributed by atoms with E-state index in [9.17, 15) is 0 Å². The van der Waals surface area contributed by atoms with E-state index in [1.165, 1.54) is 5.56 Å². The van der Waals surface area contributed by atoms with Gasteiger partial charge in [-0.3, -0.25) is 4.99 Å². The van der Waals surface area contributed by atoms with Crippen LogP contribution in [-0.4, -0.2) is 61.8 Å². The Balaban J connectivity index is 1.76. The summed E-state index contributed by atoms with van der Waals surface area (Å²) in [5.41, 5.74) is 7.60. The molecule has 0 saturated carbocycles. The van der Waals surface area contributed by atoms with Crippen LogP contribution in [0.1, 0.15) is 25.3 Å². The molecule has 0 atom stereocenters. The molecule has 2 aliphatic heterocycles. The largest absolute Gasteiger partial charge is 0.494 e. The van der Waals surface area contributed by atoms with Crippen LogP contribution in [0.2, 0.25) is 0 Å². The Kier molecular flexibility index (Phi) is 6.48. The summed E-state index contributed by atoms with van der Waals surface area (Å²) in [4.78, 5) is 7.01. The maximum atomic E-state index is 6.28. The maximum Gasteiger partial charge on any atom is 0.191 e. The number of rotatable bonds is 5. The smallest absolute Gasteiger partial charge is 0.191 e. The van der Waals surface area contributed by atoms with E-state index < -0.39 is 0 Å². The third-order valence-corrected chi connectivity index (χ3v) is 6.05. The fraction of sp³-hybridized carbons (Fsp3) is 0.632. The number of hydrogen-bond acceptors (Lipinski definition) is 4. The van der Waals surface area contributed by atoms with E-state index in [0.29, 0.717) is 12.6 Å². The Bertz CT molecular complexity index is 565. The van der Waals surface area contributed by atoms with Gasteiger partial charge >= 0.3 is 0 Å². The second-order valence-corrected chi connectivity index (χ2v) is 7.85. The van der Waals surface area contributed by atoms with Crippen molar-refractivity contribution in [3.8, 4) is 5.75 Å². The van der Waals surface area contributed by atoms with Gasteiger partial charge < -0.3 is 20.1 Å². The standard InChI is InChI=1S/C19H29N3O2S/c1-2-24-17-5-3-16(4-6-17)19(7-11-23-12-8-19)15-21-18(20)22-9-13-25-14-10-22/h3-6H,2,7-15H2,1H3,(H2,20,21). The van der Waals surface area contributed by atoms with Crippen LogP contribution in [0.25, 0.3) is 0 Å². The summed E-state index contributed by atoms with van der Waals surface area (Å²) in [6, 6.07) is 8.48. The van der Waals surface area contributed by atoms with Crippen LogP contribution in [-0.2, 0) is 10.2 Å². The average Bonchev–Trinajstić information content (AvgIpc) is 2.68. The van der Waals surface area contributed by atoms with Crippen molar-refractivity contribution in [2.45, 2.75) is 25.2 Å². The highest BCUT2D eigenvalue weighted by atomic mass is 32.2. The maximum absolute atomic E-state index is 6.28. The number of thioether (sulfide) groups is 1. The number of hydrogen-bond donors (Lipinski definition) is 1. The van der Waals surface area contributed by atoms with E-state index in [0.717, 1.165) is 62.9 Å². The first-order chi connectivity index (χ1) is 12.2. The zero-order valence-electron chi connectivity index (χ0n) is 15.1. The molecular formula is C19H29N3O2S. The minimum atomic E-state index is 0.0121. The number of nitrogens with zero attached hydrogens (tertiary/aromatic N) is 2. The molecule has 0 bridgehead atoms. The summed E-state index contributed by atoms with van der Waals surface area (Å²) in [6.07, 6.45) is 1.96. The van der Waals surface area contributed by atoms with Gasteiger partial charge in [0, 0.05) is 43.2 Å². The van der Waals surface area contributed by atoms with Crippen LogP contribution in [0.4, 0.5) is 0 Å². The first-order valence-electron chi connectivity index (χ1n) is 9.17. The molecule has 0 aromatic heterocycles. The van der Waals surface area contributed by atoms with Crippen LogP contribution in [0.15, 0.2) is 29.3 Å². The van der Waals surface area contributed by atoms with Crippen LogP contribution in [0.3, 0.4) is 0 Å². The van der Waals surface area contributed by atoms with Gasteiger partial charge in [0.2, 0.25) is 0 Å². The molecule has 2 fully saturated rings. The van der Waals surface area contributed by atoms with Gasteiger partial charge in [0.25, 0.3) is 0 Å². The van der Waals surface area contributed by atoms with Crippen molar-refractivity contribution in [3.63, 3.8) is 0 Å². The molecule has 3 rings (SSSR count). The summed E-state index contributed by atoms with van der Waals surface area (Å²) in [5, 5.41) is 0. The van der Waals surface area contributed by atoms with E-state index >= 15 is 0 Å². The van der Waals surface area contributed by atoms with Crippen LogP contribution in [0, 0.1) is 0 Å². The summed E-state index contributed by atoms with van der Waals surface area (Å²) in [5.74, 6) is 3.88. The van der Waals surface area contributed by atoms with Crippen molar-refractivity contribution < 1.29 is 9.47 Å². The number of nitrogens with two attached hydrogens (primary N) is 1. The second kappa shape index (κ2) is 8.81. The van der Waals surface area contributed by atoms with Gasteiger partial charge in [-0.1, -0.05) is 12.1 Å². The molecule has 5 nitrogen and oxygen atoms in total. The van der Waals surface area contributed by atoms with Crippen molar-refractivity contribution in [2.24, 2.45) is 10.7 Å². The molecule has 0 unspecified atom stereocenters. The first-order valence-corrected chi connectivity index (χ1v) is 10.3. The fourth-order valence-corrected chi connectivity index (χ4v) is 4.40. The molecule has 1 aromatic carbocycles. The highest BCUT2D eigenvalue weighted by Gasteiger charge is 2.34. The molecule has 2 saturated heterocycles. The first kappa shape index (κ1) is 18.4. The second-order valence-electron chi connectivity index (χ2n) is 6.62. The van der Waals surface area contributed by atoms with Crippen molar-refractivity contribution in [1.82, 2.24) is 4.90 Å². The Morgan fingerprint density at radius 2 is 1.92 bits per heavy atom. The van der Waals surface area contributed by atoms with Gasteiger partial charge in [0.05, 0.1) is 13.2 Å². The SMILES string of the molecule is CCOc1ccc(C2(CN=C(N)N3CCSCC3)CCOCC2)cc1. The highest BCUT2D eigenvalue weighted by molar-refractivity contribution is 7.99.